The largest absolute Gasteiger partial charge is 0.360 e. The normalized spacial score (nSPS) is 11.9. The number of ketones is 1. The third kappa shape index (κ3) is 6.32. The lowest BCUT2D eigenvalue weighted by Gasteiger charge is -2.09. The summed E-state index contributed by atoms with van der Waals surface area (Å²) >= 11 is 0. The van der Waals surface area contributed by atoms with Gasteiger partial charge in [-0.25, -0.2) is 0 Å². The van der Waals surface area contributed by atoms with Crippen LogP contribution in [-0.2, 0) is 16.0 Å². The average Bonchev–Trinajstić information content (AvgIpc) is 3.68. The van der Waals surface area contributed by atoms with Gasteiger partial charge in [0.2, 0.25) is 29.3 Å². The summed E-state index contributed by atoms with van der Waals surface area (Å²) in [5, 5.41) is 14.5. The van der Waals surface area contributed by atoms with Gasteiger partial charge in [0.05, 0.1) is 0 Å². The Hall–Kier alpha value is -4.93. The van der Waals surface area contributed by atoms with E-state index in [1.165, 1.54) is 0 Å². The summed E-state index contributed by atoms with van der Waals surface area (Å²) in [5.74, 6) is 0.417. The fourth-order valence-corrected chi connectivity index (χ4v) is 3.91. The number of carbonyl (C=O) groups excluding carboxylic acids is 2. The fraction of sp³-hybridized carbons (Fsp3) is 0.250. The van der Waals surface area contributed by atoms with E-state index in [0.29, 0.717) is 17.4 Å². The van der Waals surface area contributed by atoms with Gasteiger partial charge in [-0.2, -0.15) is 9.97 Å². The number of rotatable bonds is 10. The summed E-state index contributed by atoms with van der Waals surface area (Å²) in [7, 11) is 0. The van der Waals surface area contributed by atoms with Crippen LogP contribution in [0.1, 0.15) is 47.4 Å². The number of hydrogen-bond acceptors (Lipinski definition) is 10. The topological polar surface area (TPSA) is 150 Å². The summed E-state index contributed by atoms with van der Waals surface area (Å²) in [6.45, 7) is 5.69. The first-order chi connectivity index (χ1) is 18.8. The minimum Gasteiger partial charge on any atom is -0.360 e. The van der Waals surface area contributed by atoms with Gasteiger partial charge in [-0.15, -0.1) is 0 Å². The first-order valence-corrected chi connectivity index (χ1v) is 12.4. The number of benzene rings is 2. The Balaban J connectivity index is 1.35. The third-order valence-electron chi connectivity index (χ3n) is 6.09. The van der Waals surface area contributed by atoms with Gasteiger partial charge in [0.1, 0.15) is 17.5 Å². The van der Waals surface area contributed by atoms with Crippen molar-refractivity contribution in [3.63, 3.8) is 0 Å². The molecule has 1 N–H and O–H groups in total. The quantitative estimate of drug-likeness (QED) is 0.263. The second-order valence-corrected chi connectivity index (χ2v) is 9.29. The van der Waals surface area contributed by atoms with Gasteiger partial charge in [0, 0.05) is 36.5 Å². The highest BCUT2D eigenvalue weighted by atomic mass is 16.5. The van der Waals surface area contributed by atoms with E-state index in [2.05, 4.69) is 30.8 Å². The predicted octanol–water partition coefficient (Wildman–Crippen LogP) is 5.01. The highest BCUT2D eigenvalue weighted by Crippen LogP contribution is 2.26. The number of anilines is 1. The molecule has 0 aliphatic carbocycles. The van der Waals surface area contributed by atoms with E-state index in [0.717, 1.165) is 22.3 Å². The maximum atomic E-state index is 13.4. The molecule has 2 aromatic carbocycles. The number of Topliss-reactive ketones (excluding diaryl/α,β-unsaturated/α-hetero) is 1. The zero-order valence-corrected chi connectivity index (χ0v) is 21.7. The zero-order valence-electron chi connectivity index (χ0n) is 21.7. The smallest absolute Gasteiger partial charge is 0.238 e. The number of nitrogens with one attached hydrogen (secondary N) is 1. The Morgan fingerprint density at radius 2 is 1.38 bits per heavy atom. The Bertz CT molecular complexity index is 1580. The van der Waals surface area contributed by atoms with Crippen molar-refractivity contribution in [2.75, 3.05) is 5.32 Å². The van der Waals surface area contributed by atoms with E-state index in [-0.39, 0.29) is 48.6 Å². The molecule has 1 atom stereocenters. The molecule has 1 amide bonds. The van der Waals surface area contributed by atoms with Crippen LogP contribution in [-0.4, -0.2) is 37.1 Å². The van der Waals surface area contributed by atoms with Crippen LogP contribution in [0.15, 0.2) is 68.2 Å². The van der Waals surface area contributed by atoms with Crippen molar-refractivity contribution in [3.8, 4) is 22.8 Å². The van der Waals surface area contributed by atoms with Gasteiger partial charge in [-0.1, -0.05) is 75.1 Å². The Labute approximate surface area is 223 Å². The van der Waals surface area contributed by atoms with Crippen molar-refractivity contribution in [1.82, 2.24) is 25.4 Å². The molecule has 0 aliphatic heterocycles. The molecule has 5 aromatic rings. The van der Waals surface area contributed by atoms with Gasteiger partial charge in [0.25, 0.3) is 0 Å². The van der Waals surface area contributed by atoms with Crippen molar-refractivity contribution in [2.45, 2.75) is 46.0 Å². The van der Waals surface area contributed by atoms with Crippen LogP contribution in [0.25, 0.3) is 22.8 Å². The highest BCUT2D eigenvalue weighted by molar-refractivity contribution is 5.94. The van der Waals surface area contributed by atoms with Crippen LogP contribution in [0.4, 0.5) is 5.82 Å². The molecule has 11 nitrogen and oxygen atoms in total. The molecule has 11 heteroatoms. The van der Waals surface area contributed by atoms with E-state index >= 15 is 0 Å². The van der Waals surface area contributed by atoms with E-state index < -0.39 is 5.92 Å². The van der Waals surface area contributed by atoms with Crippen molar-refractivity contribution in [3.05, 3.63) is 83.3 Å². The molecular formula is C28H26N6O5. The molecule has 0 saturated heterocycles. The molecule has 0 bridgehead atoms. The fourth-order valence-electron chi connectivity index (χ4n) is 3.91. The van der Waals surface area contributed by atoms with Crippen molar-refractivity contribution in [2.24, 2.45) is 0 Å². The van der Waals surface area contributed by atoms with E-state index in [1.807, 2.05) is 62.4 Å². The van der Waals surface area contributed by atoms with Gasteiger partial charge in [-0.05, 0) is 20.8 Å². The molecule has 0 fully saturated rings. The van der Waals surface area contributed by atoms with Crippen LogP contribution in [0.3, 0.4) is 0 Å². The van der Waals surface area contributed by atoms with Crippen LogP contribution >= 0.6 is 0 Å². The van der Waals surface area contributed by atoms with Crippen molar-refractivity contribution < 1.29 is 23.2 Å². The minimum absolute atomic E-state index is 0.0390. The van der Waals surface area contributed by atoms with Gasteiger partial charge in [-0.3, -0.25) is 9.59 Å². The Morgan fingerprint density at radius 1 is 0.769 bits per heavy atom. The molecule has 3 heterocycles. The summed E-state index contributed by atoms with van der Waals surface area (Å²) in [6.07, 6.45) is -0.107. The summed E-state index contributed by atoms with van der Waals surface area (Å²) in [5.41, 5.74) is 3.74. The predicted molar refractivity (Wildman–Crippen MR) is 139 cm³/mol. The van der Waals surface area contributed by atoms with Crippen LogP contribution in [0.5, 0.6) is 0 Å². The van der Waals surface area contributed by atoms with Crippen molar-refractivity contribution >= 4 is 17.5 Å². The Kier molecular flexibility index (Phi) is 7.39. The second kappa shape index (κ2) is 11.2. The standard InChI is InChI=1S/C28H26N6O5/c1-16-4-8-19(9-5-16)26-30-25(38-33-26)15-21(22(35)12-13-24(36)29-23-14-18(3)37-32-23)28-31-27(34-39-28)20-10-6-17(2)7-11-20/h4-11,14,21H,12-13,15H2,1-3H3,(H,29,32,36). The molecule has 3 aromatic heterocycles. The van der Waals surface area contributed by atoms with E-state index in [1.54, 1.807) is 13.0 Å². The molecule has 0 aliphatic rings. The molecule has 0 radical (unpaired) electrons. The molecule has 0 spiro atoms. The number of amides is 1. The summed E-state index contributed by atoms with van der Waals surface area (Å²) in [4.78, 5) is 34.7. The lowest BCUT2D eigenvalue weighted by Crippen LogP contribution is -2.19. The molecule has 0 saturated carbocycles. The maximum absolute atomic E-state index is 13.4. The van der Waals surface area contributed by atoms with Gasteiger partial charge < -0.3 is 18.9 Å². The number of aromatic nitrogens is 5. The number of nitrogens with zero attached hydrogens (tertiary/aromatic N) is 5. The maximum Gasteiger partial charge on any atom is 0.238 e. The lowest BCUT2D eigenvalue weighted by atomic mass is 9.96. The molecule has 198 valence electrons. The SMILES string of the molecule is Cc1ccc(-c2noc(CC(C(=O)CCC(=O)Nc3cc(C)on3)c3nc(-c4ccc(C)cc4)no3)n2)cc1. The zero-order chi connectivity index (χ0) is 27.4. The lowest BCUT2D eigenvalue weighted by molar-refractivity contribution is -0.124. The Morgan fingerprint density at radius 3 is 2.00 bits per heavy atom. The highest BCUT2D eigenvalue weighted by Gasteiger charge is 2.30. The molecule has 5 rings (SSSR count). The van der Waals surface area contributed by atoms with E-state index in [9.17, 15) is 9.59 Å². The number of hydrogen-bond donors (Lipinski definition) is 1. The minimum atomic E-state index is -0.884. The summed E-state index contributed by atoms with van der Waals surface area (Å²) in [6, 6.07) is 16.9. The summed E-state index contributed by atoms with van der Waals surface area (Å²) < 4.78 is 15.9. The van der Waals surface area contributed by atoms with Crippen LogP contribution in [0, 0.1) is 20.8 Å². The van der Waals surface area contributed by atoms with Crippen LogP contribution < -0.4 is 5.32 Å². The third-order valence-corrected chi connectivity index (χ3v) is 6.09. The first kappa shape index (κ1) is 25.7. The number of carbonyl (C=O) groups is 2. The van der Waals surface area contributed by atoms with Crippen LogP contribution in [0.2, 0.25) is 0 Å². The first-order valence-electron chi connectivity index (χ1n) is 12.4. The monoisotopic (exact) mass is 526 g/mol. The molecule has 1 unspecified atom stereocenters. The molecular weight excluding hydrogens is 500 g/mol. The van der Waals surface area contributed by atoms with Gasteiger partial charge >= 0.3 is 0 Å². The average molecular weight is 527 g/mol. The number of aryl methyl sites for hydroxylation is 3. The second-order valence-electron chi connectivity index (χ2n) is 9.29. The van der Waals surface area contributed by atoms with E-state index in [4.69, 9.17) is 13.6 Å². The van der Waals surface area contributed by atoms with Gasteiger partial charge in [0.15, 0.2) is 5.82 Å². The molecule has 39 heavy (non-hydrogen) atoms. The van der Waals surface area contributed by atoms with Crippen molar-refractivity contribution in [1.29, 1.82) is 0 Å².